The van der Waals surface area contributed by atoms with Gasteiger partial charge in [-0.1, -0.05) is 0 Å². The molecule has 0 bridgehead atoms. The first-order valence-corrected chi connectivity index (χ1v) is 6.36. The minimum absolute atomic E-state index is 0.0843. The highest BCUT2D eigenvalue weighted by molar-refractivity contribution is 9.10. The largest absolute Gasteiger partial charge is 0.380 e. The molecule has 0 aliphatic carbocycles. The van der Waals surface area contributed by atoms with E-state index in [0.717, 1.165) is 23.0 Å². The van der Waals surface area contributed by atoms with Crippen molar-refractivity contribution in [1.29, 1.82) is 0 Å². The zero-order chi connectivity index (χ0) is 12.3. The third kappa shape index (κ3) is 3.34. The van der Waals surface area contributed by atoms with Crippen LogP contribution in [0.25, 0.3) is 0 Å². The molecule has 2 atom stereocenters. The second kappa shape index (κ2) is 5.71. The fraction of sp³-hybridized carbons (Fsp3) is 0.500. The molecule has 5 heteroatoms. The smallest absolute Gasteiger partial charge is 0.154 e. The topological polar surface area (TPSA) is 51.2 Å². The Kier molecular flexibility index (Phi) is 4.25. The van der Waals surface area contributed by atoms with Crippen molar-refractivity contribution in [2.24, 2.45) is 0 Å². The highest BCUT2D eigenvalue weighted by atomic mass is 79.9. The lowest BCUT2D eigenvalue weighted by molar-refractivity contribution is -0.120. The summed E-state index contributed by atoms with van der Waals surface area (Å²) in [4.78, 5) is 16.1. The fourth-order valence-electron chi connectivity index (χ4n) is 2.01. The van der Waals surface area contributed by atoms with Gasteiger partial charge in [0.15, 0.2) is 5.78 Å². The number of ketones is 1. The van der Waals surface area contributed by atoms with E-state index >= 15 is 0 Å². The predicted octanol–water partition coefficient (Wildman–Crippen LogP) is 1.33. The minimum Gasteiger partial charge on any atom is -0.380 e. The first kappa shape index (κ1) is 12.7. The third-order valence-corrected chi connectivity index (χ3v) is 3.39. The molecule has 1 N–H and O–H groups in total. The van der Waals surface area contributed by atoms with Crippen LogP contribution in [0.1, 0.15) is 12.0 Å². The maximum absolute atomic E-state index is 12.0. The van der Waals surface area contributed by atoms with Gasteiger partial charge >= 0.3 is 0 Å². The molecule has 2 rings (SSSR count). The summed E-state index contributed by atoms with van der Waals surface area (Å²) in [5.41, 5.74) is 0.937. The number of Topliss-reactive ketones (excluding diaryl/α,β-unsaturated/α-hetero) is 1. The molecule has 1 aromatic rings. The van der Waals surface area contributed by atoms with Gasteiger partial charge in [-0.2, -0.15) is 0 Å². The van der Waals surface area contributed by atoms with E-state index in [1.165, 1.54) is 0 Å². The van der Waals surface area contributed by atoms with Crippen LogP contribution in [0.4, 0.5) is 0 Å². The Bertz CT molecular complexity index is 411. The Hall–Kier alpha value is -0.780. The van der Waals surface area contributed by atoms with E-state index in [9.17, 15) is 4.79 Å². The van der Waals surface area contributed by atoms with Gasteiger partial charge in [0.05, 0.1) is 12.1 Å². The lowest BCUT2D eigenvalue weighted by atomic mass is 10.0. The quantitative estimate of drug-likeness (QED) is 0.911. The van der Waals surface area contributed by atoms with Gasteiger partial charge in [0.2, 0.25) is 0 Å². The van der Waals surface area contributed by atoms with Crippen molar-refractivity contribution in [2.75, 3.05) is 13.7 Å². The van der Waals surface area contributed by atoms with Gasteiger partial charge in [-0.3, -0.25) is 9.78 Å². The highest BCUT2D eigenvalue weighted by Gasteiger charge is 2.28. The summed E-state index contributed by atoms with van der Waals surface area (Å²) in [6.45, 7) is 0.754. The predicted molar refractivity (Wildman–Crippen MR) is 67.9 cm³/mol. The van der Waals surface area contributed by atoms with Crippen molar-refractivity contribution < 1.29 is 9.53 Å². The van der Waals surface area contributed by atoms with Gasteiger partial charge in [0.25, 0.3) is 0 Å². The molecule has 1 fully saturated rings. The summed E-state index contributed by atoms with van der Waals surface area (Å²) >= 11 is 3.35. The number of rotatable bonds is 4. The van der Waals surface area contributed by atoms with Gasteiger partial charge in [-0.15, -0.1) is 0 Å². The lowest BCUT2D eigenvalue weighted by Crippen LogP contribution is -2.31. The number of halogens is 1. The molecule has 2 unspecified atom stereocenters. The van der Waals surface area contributed by atoms with Crippen LogP contribution in [-0.2, 0) is 16.0 Å². The number of carbonyl (C=O) groups excluding carboxylic acids is 1. The fourth-order valence-corrected chi connectivity index (χ4v) is 2.42. The zero-order valence-electron chi connectivity index (χ0n) is 9.65. The van der Waals surface area contributed by atoms with Crippen molar-refractivity contribution in [2.45, 2.75) is 25.0 Å². The third-order valence-electron chi connectivity index (χ3n) is 2.95. The second-order valence-electron chi connectivity index (χ2n) is 4.21. The number of aromatic nitrogens is 1. The summed E-state index contributed by atoms with van der Waals surface area (Å²) in [5.74, 6) is 0.199. The van der Waals surface area contributed by atoms with E-state index in [2.05, 4.69) is 26.2 Å². The summed E-state index contributed by atoms with van der Waals surface area (Å²) in [5, 5.41) is 3.19. The van der Waals surface area contributed by atoms with Crippen LogP contribution in [0, 0.1) is 0 Å². The molecule has 0 amide bonds. The standard InChI is InChI=1S/C12H15BrN2O2/c1-17-10-4-11(15-7-10)12(16)3-8-2-9(13)6-14-5-8/h2,5-6,10-11,15H,3-4,7H2,1H3. The van der Waals surface area contributed by atoms with Crippen molar-refractivity contribution in [3.8, 4) is 0 Å². The molecule has 1 saturated heterocycles. The number of hydrogen-bond donors (Lipinski definition) is 1. The molecule has 4 nitrogen and oxygen atoms in total. The van der Waals surface area contributed by atoms with E-state index in [-0.39, 0.29) is 17.9 Å². The highest BCUT2D eigenvalue weighted by Crippen LogP contribution is 2.14. The Balaban J connectivity index is 1.93. The molecule has 1 aromatic heterocycles. The van der Waals surface area contributed by atoms with Crippen LogP contribution in [0.2, 0.25) is 0 Å². The summed E-state index contributed by atoms with van der Waals surface area (Å²) < 4.78 is 6.13. The van der Waals surface area contributed by atoms with Crippen molar-refractivity contribution >= 4 is 21.7 Å². The molecule has 0 aromatic carbocycles. The molecule has 92 valence electrons. The number of methoxy groups -OCH3 is 1. The maximum atomic E-state index is 12.0. The molecule has 2 heterocycles. The van der Waals surface area contributed by atoms with Gasteiger partial charge in [-0.25, -0.2) is 0 Å². The van der Waals surface area contributed by atoms with E-state index in [1.54, 1.807) is 19.5 Å². The molecular formula is C12H15BrN2O2. The number of carbonyl (C=O) groups is 1. The first-order chi connectivity index (χ1) is 8.19. The van der Waals surface area contributed by atoms with Gasteiger partial charge in [0, 0.05) is 36.9 Å². The SMILES string of the molecule is COC1CNC(C(=O)Cc2cncc(Br)c2)C1. The number of pyridine rings is 1. The van der Waals surface area contributed by atoms with E-state index in [1.807, 2.05) is 6.07 Å². The van der Waals surface area contributed by atoms with Crippen molar-refractivity contribution in [1.82, 2.24) is 10.3 Å². The number of nitrogens with one attached hydrogen (secondary N) is 1. The molecule has 0 radical (unpaired) electrons. The number of ether oxygens (including phenoxy) is 1. The van der Waals surface area contributed by atoms with Crippen LogP contribution in [0.3, 0.4) is 0 Å². The Morgan fingerprint density at radius 3 is 3.12 bits per heavy atom. The maximum Gasteiger partial charge on any atom is 0.154 e. The lowest BCUT2D eigenvalue weighted by Gasteiger charge is -2.09. The summed E-state index contributed by atoms with van der Waals surface area (Å²) in [6, 6.07) is 1.84. The second-order valence-corrected chi connectivity index (χ2v) is 5.12. The van der Waals surface area contributed by atoms with E-state index in [0.29, 0.717) is 6.42 Å². The minimum atomic E-state index is -0.0843. The zero-order valence-corrected chi connectivity index (χ0v) is 11.2. The Labute approximate surface area is 109 Å². The van der Waals surface area contributed by atoms with Crippen LogP contribution in [0.15, 0.2) is 22.9 Å². The molecule has 0 saturated carbocycles. The normalized spacial score (nSPS) is 23.9. The van der Waals surface area contributed by atoms with Crippen LogP contribution in [0.5, 0.6) is 0 Å². The first-order valence-electron chi connectivity index (χ1n) is 5.57. The average molecular weight is 299 g/mol. The van der Waals surface area contributed by atoms with Crippen molar-refractivity contribution in [3.63, 3.8) is 0 Å². The van der Waals surface area contributed by atoms with Crippen molar-refractivity contribution in [3.05, 3.63) is 28.5 Å². The van der Waals surface area contributed by atoms with Gasteiger partial charge in [0.1, 0.15) is 0 Å². The molecule has 17 heavy (non-hydrogen) atoms. The average Bonchev–Trinajstić information content (AvgIpc) is 2.77. The van der Waals surface area contributed by atoms with E-state index in [4.69, 9.17) is 4.74 Å². The number of hydrogen-bond acceptors (Lipinski definition) is 4. The Morgan fingerprint density at radius 2 is 2.47 bits per heavy atom. The monoisotopic (exact) mass is 298 g/mol. The van der Waals surface area contributed by atoms with Crippen LogP contribution >= 0.6 is 15.9 Å². The number of nitrogens with zero attached hydrogens (tertiary/aromatic N) is 1. The summed E-state index contributed by atoms with van der Waals surface area (Å²) in [6.07, 6.45) is 4.77. The van der Waals surface area contributed by atoms with Gasteiger partial charge < -0.3 is 10.1 Å². The Morgan fingerprint density at radius 1 is 1.65 bits per heavy atom. The molecule has 0 spiro atoms. The van der Waals surface area contributed by atoms with Crippen LogP contribution in [-0.4, -0.2) is 36.6 Å². The van der Waals surface area contributed by atoms with Crippen LogP contribution < -0.4 is 5.32 Å². The summed E-state index contributed by atoms with van der Waals surface area (Å²) in [7, 11) is 1.68. The molecule has 1 aliphatic heterocycles. The van der Waals surface area contributed by atoms with E-state index < -0.39 is 0 Å². The molecular weight excluding hydrogens is 284 g/mol. The molecule has 1 aliphatic rings. The van der Waals surface area contributed by atoms with Gasteiger partial charge in [-0.05, 0) is 34.0 Å².